The zero-order chi connectivity index (χ0) is 42.2. The van der Waals surface area contributed by atoms with Gasteiger partial charge in [0.05, 0.1) is 0 Å². The third-order valence-corrected chi connectivity index (χ3v) is 11.2. The van der Waals surface area contributed by atoms with Crippen LogP contribution in [-0.2, 0) is 64.7 Å². The van der Waals surface area contributed by atoms with Crippen LogP contribution in [0.4, 0.5) is 26.3 Å². The molecular weight excluding hydrogens is 865 g/mol. The van der Waals surface area contributed by atoms with E-state index < -0.39 is 23.5 Å². The SMILES string of the molecule is CC(C)(C)c1[c-]c2c(cc1C(C)(C)C)-c1cc(C(C)(C)C)c(C(C)(C)C)cc1C2.Cl.Cl.FC(F)(F)c1ccc([C](=[Zr+2])c2ccc(C(F)(F)F)cc2)cc1.[C-]1=CC=CC1. The smallest absolute Gasteiger partial charge is 0.109 e. The van der Waals surface area contributed by atoms with Gasteiger partial charge < -0.3 is 0 Å². The number of halogens is 8. The fourth-order valence-corrected chi connectivity index (χ4v) is 7.60. The summed E-state index contributed by atoms with van der Waals surface area (Å²) in [6.07, 6.45) is 2.19. The van der Waals surface area contributed by atoms with E-state index in [0.29, 0.717) is 14.3 Å². The van der Waals surface area contributed by atoms with Gasteiger partial charge in [-0.2, -0.15) is 23.8 Å². The van der Waals surface area contributed by atoms with Crippen LogP contribution in [0.5, 0.6) is 0 Å². The average molecular weight is 921 g/mol. The Balaban J connectivity index is 0.000000354. The van der Waals surface area contributed by atoms with Crippen molar-refractivity contribution in [3.63, 3.8) is 0 Å². The molecule has 0 saturated heterocycles. The Morgan fingerprint density at radius 3 is 1.29 bits per heavy atom. The van der Waals surface area contributed by atoms with E-state index in [1.54, 1.807) is 0 Å². The van der Waals surface area contributed by atoms with Gasteiger partial charge in [-0.15, -0.1) is 47.9 Å². The topological polar surface area (TPSA) is 0 Å². The maximum atomic E-state index is 12.5. The number of alkyl halides is 6. The molecule has 0 amide bonds. The fraction of sp³-hybridized carbons (Fsp3) is 0.408. The van der Waals surface area contributed by atoms with Crippen LogP contribution in [0.3, 0.4) is 0 Å². The maximum Gasteiger partial charge on any atom is -0.109 e. The molecular formula is C49H56Cl2F6Zr. The first kappa shape index (κ1) is 51.4. The van der Waals surface area contributed by atoms with Crippen LogP contribution in [0.15, 0.2) is 85.0 Å². The minimum atomic E-state index is -4.41. The van der Waals surface area contributed by atoms with Crippen molar-refractivity contribution >= 4 is 28.0 Å². The molecule has 4 aromatic rings. The van der Waals surface area contributed by atoms with E-state index >= 15 is 0 Å². The quantitative estimate of drug-likeness (QED) is 0.122. The van der Waals surface area contributed by atoms with E-state index in [1.165, 1.54) is 68.8 Å². The maximum absolute atomic E-state index is 12.5. The largest absolute Gasteiger partial charge is 0.273 e. The summed E-state index contributed by atoms with van der Waals surface area (Å²) in [5.41, 5.74) is 11.6. The van der Waals surface area contributed by atoms with Gasteiger partial charge in [-0.3, -0.25) is 6.08 Å². The van der Waals surface area contributed by atoms with Crippen molar-refractivity contribution in [2.24, 2.45) is 0 Å². The van der Waals surface area contributed by atoms with Gasteiger partial charge in [0, 0.05) is 0 Å². The van der Waals surface area contributed by atoms with Gasteiger partial charge in [0.25, 0.3) is 0 Å². The van der Waals surface area contributed by atoms with Crippen molar-refractivity contribution < 1.29 is 50.6 Å². The Morgan fingerprint density at radius 1 is 0.552 bits per heavy atom. The van der Waals surface area contributed by atoms with E-state index in [-0.39, 0.29) is 46.5 Å². The predicted octanol–water partition coefficient (Wildman–Crippen LogP) is 15.2. The summed E-state index contributed by atoms with van der Waals surface area (Å²) in [5.74, 6) is 0. The van der Waals surface area contributed by atoms with Crippen molar-refractivity contribution in [2.45, 2.75) is 130 Å². The third-order valence-electron chi connectivity index (χ3n) is 9.82. The zero-order valence-corrected chi connectivity index (χ0v) is 39.7. The van der Waals surface area contributed by atoms with Crippen molar-refractivity contribution in [1.29, 1.82) is 0 Å². The monoisotopic (exact) mass is 918 g/mol. The summed E-state index contributed by atoms with van der Waals surface area (Å²) < 4.78 is 75.6. The molecule has 0 N–H and O–H groups in total. The average Bonchev–Trinajstić information content (AvgIpc) is 3.77. The van der Waals surface area contributed by atoms with Crippen LogP contribution in [0.25, 0.3) is 11.1 Å². The molecule has 0 saturated carbocycles. The standard InChI is InChI=1S/C29H41.C15H8F6.C5H5.2ClH.Zr/c1-26(2,3)22-14-18-13-19-15-23(27(4,5)6)25(29(10,11)12)17-21(19)20(18)16-24(22)28(7,8)9;16-14(17,18)12-5-1-10(2-6-12)9-11-3-7-13(8-4-11)15(19,20)21;1-2-4-5-3-1;;;/h14,16-17H,13H2,1-12H3;1-8H;1-3H,4H2;2*1H;/q-1;;-1;;;+2. The van der Waals surface area contributed by atoms with Gasteiger partial charge in [0.2, 0.25) is 0 Å². The number of hydrogen-bond donors (Lipinski definition) is 0. The first-order chi connectivity index (χ1) is 25.5. The molecule has 58 heavy (non-hydrogen) atoms. The van der Waals surface area contributed by atoms with Crippen LogP contribution < -0.4 is 0 Å². The molecule has 2 aliphatic rings. The molecule has 0 atom stereocenters. The van der Waals surface area contributed by atoms with E-state index in [9.17, 15) is 26.3 Å². The van der Waals surface area contributed by atoms with Gasteiger partial charge >= 0.3 is 137 Å². The normalized spacial score (nSPS) is 13.6. The molecule has 4 aromatic carbocycles. The zero-order valence-electron chi connectivity index (χ0n) is 35.6. The van der Waals surface area contributed by atoms with Crippen LogP contribution in [0.2, 0.25) is 0 Å². The molecule has 0 aliphatic heterocycles. The van der Waals surface area contributed by atoms with Crippen LogP contribution >= 0.6 is 24.8 Å². The third kappa shape index (κ3) is 12.9. The first-order valence-corrected chi connectivity index (χ1v) is 20.2. The molecule has 0 unspecified atom stereocenters. The Bertz CT molecular complexity index is 1940. The van der Waals surface area contributed by atoms with Crippen molar-refractivity contribution in [3.05, 3.63) is 153 Å². The van der Waals surface area contributed by atoms with Crippen molar-refractivity contribution in [1.82, 2.24) is 0 Å². The molecule has 0 bridgehead atoms. The number of hydrogen-bond acceptors (Lipinski definition) is 0. The van der Waals surface area contributed by atoms with Gasteiger partial charge in [-0.05, 0) is 39.4 Å². The van der Waals surface area contributed by atoms with Crippen LogP contribution in [-0.4, -0.2) is 3.21 Å². The number of benzene rings is 4. The van der Waals surface area contributed by atoms with Crippen LogP contribution in [0.1, 0.15) is 145 Å². The van der Waals surface area contributed by atoms with Gasteiger partial charge in [0.1, 0.15) is 0 Å². The number of fused-ring (bicyclic) bond motifs is 3. The summed E-state index contributed by atoms with van der Waals surface area (Å²) in [6.45, 7) is 28.0. The predicted molar refractivity (Wildman–Crippen MR) is 230 cm³/mol. The molecule has 0 fully saturated rings. The van der Waals surface area contributed by atoms with Crippen molar-refractivity contribution in [3.8, 4) is 11.1 Å². The molecule has 0 nitrogen and oxygen atoms in total. The molecule has 312 valence electrons. The number of allylic oxidation sites excluding steroid dienone is 4. The Kier molecular flexibility index (Phi) is 16.8. The fourth-order valence-electron chi connectivity index (χ4n) is 6.78. The van der Waals surface area contributed by atoms with E-state index in [4.69, 9.17) is 0 Å². The van der Waals surface area contributed by atoms with Gasteiger partial charge in [0.15, 0.2) is 0 Å². The molecule has 0 aromatic heterocycles. The minimum Gasteiger partial charge on any atom is -0.273 e. The Hall–Kier alpha value is -2.73. The molecule has 0 radical (unpaired) electrons. The summed E-state index contributed by atoms with van der Waals surface area (Å²) in [5, 5.41) is 0. The second kappa shape index (κ2) is 18.9. The van der Waals surface area contributed by atoms with E-state index in [1.807, 2.05) is 12.2 Å². The Morgan fingerprint density at radius 2 is 0.966 bits per heavy atom. The second-order valence-electron chi connectivity index (χ2n) is 18.7. The summed E-state index contributed by atoms with van der Waals surface area (Å²) in [6, 6.07) is 20.5. The van der Waals surface area contributed by atoms with Crippen molar-refractivity contribution in [2.75, 3.05) is 0 Å². The summed E-state index contributed by atoms with van der Waals surface area (Å²) >= 11 is 0.898. The van der Waals surface area contributed by atoms with E-state index in [2.05, 4.69) is 120 Å². The molecule has 9 heteroatoms. The second-order valence-corrected chi connectivity index (χ2v) is 19.9. The molecule has 6 rings (SSSR count). The number of rotatable bonds is 2. The molecule has 2 aliphatic carbocycles. The first-order valence-electron chi connectivity index (χ1n) is 18.9. The van der Waals surface area contributed by atoms with Gasteiger partial charge in [-0.25, -0.2) is 12.2 Å². The minimum absolute atomic E-state index is 0. The molecule has 0 heterocycles. The van der Waals surface area contributed by atoms with Crippen LogP contribution in [0, 0.1) is 12.1 Å². The summed E-state index contributed by atoms with van der Waals surface area (Å²) in [4.78, 5) is 0. The summed E-state index contributed by atoms with van der Waals surface area (Å²) in [7, 11) is 0. The Labute approximate surface area is 370 Å². The molecule has 0 spiro atoms. The van der Waals surface area contributed by atoms with E-state index in [0.717, 1.165) is 61.3 Å². The van der Waals surface area contributed by atoms with Gasteiger partial charge in [-0.1, -0.05) is 106 Å².